The molecular formula is C15H17N5O. The van der Waals surface area contributed by atoms with Crippen LogP contribution in [-0.2, 0) is 0 Å². The van der Waals surface area contributed by atoms with Gasteiger partial charge in [0.15, 0.2) is 11.4 Å². The summed E-state index contributed by atoms with van der Waals surface area (Å²) in [4.78, 5) is 6.93. The number of fused-ring (bicyclic) bond motifs is 1. The standard InChI is InChI=1S/C15H17N5O/c1-11-2-3-13(21-11)15-17-14-10-12(4-7-20(14)18-15)19-8-5-16-6-9-19/h2-4,7,10,16H,5-6,8-9H2,1H3. The highest BCUT2D eigenvalue weighted by Crippen LogP contribution is 2.21. The highest BCUT2D eigenvalue weighted by molar-refractivity contribution is 5.59. The van der Waals surface area contributed by atoms with Gasteiger partial charge in [-0.15, -0.1) is 5.10 Å². The SMILES string of the molecule is Cc1ccc(-c2nc3cc(N4CCNCC4)ccn3n2)o1. The number of nitrogens with one attached hydrogen (secondary N) is 1. The lowest BCUT2D eigenvalue weighted by Gasteiger charge is -2.29. The van der Waals surface area contributed by atoms with Gasteiger partial charge in [-0.05, 0) is 25.1 Å². The Kier molecular flexibility index (Phi) is 2.89. The second-order valence-corrected chi connectivity index (χ2v) is 5.27. The third-order valence-electron chi connectivity index (χ3n) is 3.76. The summed E-state index contributed by atoms with van der Waals surface area (Å²) in [7, 11) is 0. The van der Waals surface area contributed by atoms with Crippen molar-refractivity contribution in [2.75, 3.05) is 31.1 Å². The van der Waals surface area contributed by atoms with Gasteiger partial charge in [-0.2, -0.15) is 0 Å². The van der Waals surface area contributed by atoms with E-state index in [1.165, 1.54) is 5.69 Å². The molecule has 3 aromatic heterocycles. The van der Waals surface area contributed by atoms with Gasteiger partial charge in [0.2, 0.25) is 5.82 Å². The number of hydrogen-bond acceptors (Lipinski definition) is 5. The maximum atomic E-state index is 5.59. The molecule has 0 aromatic carbocycles. The van der Waals surface area contributed by atoms with Crippen molar-refractivity contribution in [2.24, 2.45) is 0 Å². The van der Waals surface area contributed by atoms with E-state index >= 15 is 0 Å². The Morgan fingerprint density at radius 1 is 1.19 bits per heavy atom. The minimum Gasteiger partial charge on any atom is -0.458 e. The van der Waals surface area contributed by atoms with E-state index in [-0.39, 0.29) is 0 Å². The maximum Gasteiger partial charge on any atom is 0.217 e. The minimum absolute atomic E-state index is 0.626. The van der Waals surface area contributed by atoms with Crippen LogP contribution in [0.4, 0.5) is 5.69 Å². The van der Waals surface area contributed by atoms with E-state index in [0.29, 0.717) is 11.6 Å². The molecule has 1 aliphatic heterocycles. The molecule has 0 spiro atoms. The first-order valence-corrected chi connectivity index (χ1v) is 7.18. The summed E-state index contributed by atoms with van der Waals surface area (Å²) in [6, 6.07) is 8.00. The Labute approximate surface area is 122 Å². The van der Waals surface area contributed by atoms with Crippen LogP contribution < -0.4 is 10.2 Å². The number of pyridine rings is 1. The molecule has 1 N–H and O–H groups in total. The average Bonchev–Trinajstić information content (AvgIpc) is 3.13. The van der Waals surface area contributed by atoms with Gasteiger partial charge < -0.3 is 14.6 Å². The second kappa shape index (κ2) is 4.89. The largest absolute Gasteiger partial charge is 0.458 e. The Balaban J connectivity index is 1.71. The molecule has 0 aliphatic carbocycles. The predicted molar refractivity (Wildman–Crippen MR) is 80.5 cm³/mol. The van der Waals surface area contributed by atoms with E-state index < -0.39 is 0 Å². The highest BCUT2D eigenvalue weighted by atomic mass is 16.3. The normalized spacial score (nSPS) is 15.8. The van der Waals surface area contributed by atoms with Gasteiger partial charge in [-0.3, -0.25) is 0 Å². The van der Waals surface area contributed by atoms with E-state index in [1.54, 1.807) is 4.52 Å². The molecule has 108 valence electrons. The van der Waals surface area contributed by atoms with Crippen molar-refractivity contribution in [2.45, 2.75) is 6.92 Å². The molecule has 1 saturated heterocycles. The third-order valence-corrected chi connectivity index (χ3v) is 3.76. The van der Waals surface area contributed by atoms with Crippen molar-refractivity contribution >= 4 is 11.3 Å². The molecular weight excluding hydrogens is 266 g/mol. The summed E-state index contributed by atoms with van der Waals surface area (Å²) in [5.41, 5.74) is 2.04. The summed E-state index contributed by atoms with van der Waals surface area (Å²) in [5, 5.41) is 7.83. The lowest BCUT2D eigenvalue weighted by molar-refractivity contribution is 0.544. The summed E-state index contributed by atoms with van der Waals surface area (Å²) in [5.74, 6) is 2.20. The van der Waals surface area contributed by atoms with Gasteiger partial charge in [0, 0.05) is 44.1 Å². The molecule has 1 fully saturated rings. The summed E-state index contributed by atoms with van der Waals surface area (Å²) < 4.78 is 7.38. The predicted octanol–water partition coefficient (Wildman–Crippen LogP) is 1.71. The summed E-state index contributed by atoms with van der Waals surface area (Å²) in [6.45, 7) is 6.01. The van der Waals surface area contributed by atoms with Gasteiger partial charge >= 0.3 is 0 Å². The summed E-state index contributed by atoms with van der Waals surface area (Å²) >= 11 is 0. The topological polar surface area (TPSA) is 58.6 Å². The monoisotopic (exact) mass is 283 g/mol. The Hall–Kier alpha value is -2.34. The lowest BCUT2D eigenvalue weighted by Crippen LogP contribution is -2.43. The fraction of sp³-hybridized carbons (Fsp3) is 0.333. The van der Waals surface area contributed by atoms with Crippen molar-refractivity contribution < 1.29 is 4.42 Å². The third kappa shape index (κ3) is 2.27. The van der Waals surface area contributed by atoms with Gasteiger partial charge in [-0.1, -0.05) is 0 Å². The van der Waals surface area contributed by atoms with E-state index in [2.05, 4.69) is 32.4 Å². The molecule has 0 saturated carbocycles. The lowest BCUT2D eigenvalue weighted by atomic mass is 10.3. The Morgan fingerprint density at radius 2 is 2.05 bits per heavy atom. The van der Waals surface area contributed by atoms with Crippen molar-refractivity contribution in [3.8, 4) is 11.6 Å². The van der Waals surface area contributed by atoms with Gasteiger partial charge in [0.25, 0.3) is 0 Å². The fourth-order valence-corrected chi connectivity index (χ4v) is 2.65. The zero-order valence-corrected chi connectivity index (χ0v) is 11.9. The smallest absolute Gasteiger partial charge is 0.217 e. The molecule has 21 heavy (non-hydrogen) atoms. The van der Waals surface area contributed by atoms with Crippen molar-refractivity contribution in [3.05, 3.63) is 36.2 Å². The maximum absolute atomic E-state index is 5.59. The molecule has 1 aliphatic rings. The van der Waals surface area contributed by atoms with Crippen molar-refractivity contribution in [3.63, 3.8) is 0 Å². The average molecular weight is 283 g/mol. The van der Waals surface area contributed by atoms with Gasteiger partial charge in [0.05, 0.1) is 0 Å². The number of nitrogens with zero attached hydrogens (tertiary/aromatic N) is 4. The van der Waals surface area contributed by atoms with Crippen LogP contribution in [-0.4, -0.2) is 40.8 Å². The zero-order valence-electron chi connectivity index (χ0n) is 11.9. The molecule has 0 radical (unpaired) electrons. The van der Waals surface area contributed by atoms with Crippen molar-refractivity contribution in [1.29, 1.82) is 0 Å². The number of rotatable bonds is 2. The van der Waals surface area contributed by atoms with Crippen LogP contribution in [0.2, 0.25) is 0 Å². The molecule has 0 atom stereocenters. The van der Waals surface area contributed by atoms with E-state index in [9.17, 15) is 0 Å². The molecule has 3 aromatic rings. The molecule has 4 heterocycles. The van der Waals surface area contributed by atoms with Gasteiger partial charge in [-0.25, -0.2) is 9.50 Å². The molecule has 4 rings (SSSR count). The Bertz CT molecular complexity index is 769. The van der Waals surface area contributed by atoms with Crippen molar-refractivity contribution in [1.82, 2.24) is 19.9 Å². The molecule has 0 bridgehead atoms. The first-order valence-electron chi connectivity index (χ1n) is 7.18. The summed E-state index contributed by atoms with van der Waals surface area (Å²) in [6.07, 6.45) is 1.96. The molecule has 0 unspecified atom stereocenters. The van der Waals surface area contributed by atoms with Crippen LogP contribution in [0.3, 0.4) is 0 Å². The van der Waals surface area contributed by atoms with Gasteiger partial charge in [0.1, 0.15) is 5.76 Å². The van der Waals surface area contributed by atoms with Crippen LogP contribution in [0.15, 0.2) is 34.9 Å². The highest BCUT2D eigenvalue weighted by Gasteiger charge is 2.14. The van der Waals surface area contributed by atoms with Crippen LogP contribution >= 0.6 is 0 Å². The number of hydrogen-bond donors (Lipinski definition) is 1. The van der Waals surface area contributed by atoms with Crippen LogP contribution in [0, 0.1) is 6.92 Å². The number of aryl methyl sites for hydroxylation is 1. The van der Waals surface area contributed by atoms with Crippen LogP contribution in [0.25, 0.3) is 17.2 Å². The number of anilines is 1. The number of furan rings is 1. The fourth-order valence-electron chi connectivity index (χ4n) is 2.65. The Morgan fingerprint density at radius 3 is 2.81 bits per heavy atom. The number of aromatic nitrogens is 3. The number of piperazine rings is 1. The zero-order chi connectivity index (χ0) is 14.2. The molecule has 6 heteroatoms. The van der Waals surface area contributed by atoms with E-state index in [4.69, 9.17) is 4.42 Å². The van der Waals surface area contributed by atoms with Crippen LogP contribution in [0.5, 0.6) is 0 Å². The first-order chi connectivity index (χ1) is 10.3. The van der Waals surface area contributed by atoms with E-state index in [1.807, 2.05) is 25.3 Å². The quantitative estimate of drug-likeness (QED) is 0.776. The second-order valence-electron chi connectivity index (χ2n) is 5.27. The minimum atomic E-state index is 0.626. The molecule has 6 nitrogen and oxygen atoms in total. The molecule has 0 amide bonds. The van der Waals surface area contributed by atoms with E-state index in [0.717, 1.165) is 37.6 Å². The van der Waals surface area contributed by atoms with Crippen LogP contribution in [0.1, 0.15) is 5.76 Å². The first kappa shape index (κ1) is 12.4.